The van der Waals surface area contributed by atoms with Crippen LogP contribution in [0.3, 0.4) is 0 Å². The molecule has 4 nitrogen and oxygen atoms in total. The smallest absolute Gasteiger partial charge is 0.263 e. The van der Waals surface area contributed by atoms with Crippen LogP contribution in [0.4, 0.5) is 0 Å². The Bertz CT molecular complexity index is 2440. The van der Waals surface area contributed by atoms with Crippen LogP contribution in [0, 0.1) is 0 Å². The van der Waals surface area contributed by atoms with Gasteiger partial charge in [0.1, 0.15) is 0 Å². The second kappa shape index (κ2) is 9.65. The molecule has 0 atom stereocenters. The summed E-state index contributed by atoms with van der Waals surface area (Å²) in [5, 5.41) is 3.24. The van der Waals surface area contributed by atoms with Crippen LogP contribution in [-0.4, -0.2) is 13.5 Å². The first-order chi connectivity index (χ1) is 20.7. The van der Waals surface area contributed by atoms with E-state index in [2.05, 4.69) is 63.7 Å². The van der Waals surface area contributed by atoms with Gasteiger partial charge in [-0.1, -0.05) is 84.4 Å². The van der Waals surface area contributed by atoms with E-state index in [-0.39, 0.29) is 5.56 Å². The lowest BCUT2D eigenvalue weighted by atomic mass is 10.1. The minimum Gasteiger partial charge on any atom is -0.309 e. The van der Waals surface area contributed by atoms with Crippen molar-refractivity contribution >= 4 is 60.9 Å². The maximum Gasteiger partial charge on any atom is 0.263 e. The Labute approximate surface area is 246 Å². The molecule has 6 aromatic carbocycles. The number of nitrogens with zero attached hydrogens (tertiary/aromatic N) is 3. The average Bonchev–Trinajstić information content (AvgIpc) is 3.04. The lowest BCUT2D eigenvalue weighted by Crippen LogP contribution is -2.14. The lowest BCUT2D eigenvalue weighted by Gasteiger charge is -2.17. The summed E-state index contributed by atoms with van der Waals surface area (Å²) < 4.78 is 6.15. The van der Waals surface area contributed by atoms with Crippen molar-refractivity contribution in [2.24, 2.45) is 0 Å². The van der Waals surface area contributed by atoms with Gasteiger partial charge in [0.05, 0.1) is 27.1 Å². The maximum absolute atomic E-state index is 14.3. The Kier molecular flexibility index (Phi) is 5.62. The van der Waals surface area contributed by atoms with E-state index in [1.54, 1.807) is 0 Å². The van der Waals surface area contributed by atoms with Crippen molar-refractivity contribution in [1.29, 1.82) is 0 Å². The van der Waals surface area contributed by atoms with Crippen molar-refractivity contribution in [3.8, 4) is 11.4 Å². The molecule has 8 rings (SSSR count). The number of benzene rings is 6. The van der Waals surface area contributed by atoms with Crippen molar-refractivity contribution < 1.29 is 0 Å². The third kappa shape index (κ3) is 3.73. The summed E-state index contributed by atoms with van der Waals surface area (Å²) in [7, 11) is 0. The molecule has 0 unspecified atom stereocenters. The van der Waals surface area contributed by atoms with E-state index in [1.807, 2.05) is 95.4 Å². The Morgan fingerprint density at radius 1 is 0.429 bits per heavy atom. The van der Waals surface area contributed by atoms with Crippen LogP contribution in [0.15, 0.2) is 150 Å². The Morgan fingerprint density at radius 3 is 1.64 bits per heavy atom. The minimum absolute atomic E-state index is 0.0569. The van der Waals surface area contributed by atoms with Gasteiger partial charge in [0.2, 0.25) is 0 Å². The number of fused-ring (bicyclic) bond motifs is 8. The molecule has 0 N–H and O–H groups in total. The van der Waals surface area contributed by atoms with Gasteiger partial charge in [0.25, 0.3) is 5.56 Å². The molecule has 0 saturated heterocycles. The summed E-state index contributed by atoms with van der Waals surface area (Å²) in [5.74, 6) is 0. The zero-order valence-electron chi connectivity index (χ0n) is 22.5. The fourth-order valence-corrected chi connectivity index (χ4v) is 6.39. The highest BCUT2D eigenvalue weighted by molar-refractivity contribution is 6.37. The van der Waals surface area contributed by atoms with Crippen molar-refractivity contribution in [1.82, 2.24) is 13.5 Å². The molecule has 0 amide bonds. The predicted molar refractivity (Wildman–Crippen MR) is 175 cm³/mol. The van der Waals surface area contributed by atoms with Crippen LogP contribution in [0.25, 0.3) is 60.6 Å². The van der Waals surface area contributed by atoms with Crippen LogP contribution >= 0.6 is 11.6 Å². The highest BCUT2D eigenvalue weighted by Gasteiger charge is 2.14. The monoisotopic (exact) mass is 561 g/mol. The number of pyridine rings is 1. The zero-order chi connectivity index (χ0) is 28.2. The molecule has 0 aliphatic heterocycles. The molecular weight excluding hydrogens is 538 g/mol. The summed E-state index contributed by atoms with van der Waals surface area (Å²) in [6, 6.07) is 48.8. The molecule has 8 aromatic rings. The highest BCUT2D eigenvalue weighted by atomic mass is 35.5. The zero-order valence-corrected chi connectivity index (χ0v) is 23.2. The molecule has 2 heterocycles. The van der Waals surface area contributed by atoms with Gasteiger partial charge in [-0.25, -0.2) is 0 Å². The average molecular weight is 562 g/mol. The Balaban J connectivity index is 1.74. The predicted octanol–water partition coefficient (Wildman–Crippen LogP) is 9.27. The third-order valence-electron chi connectivity index (χ3n) is 7.95. The molecule has 2 aromatic heterocycles. The topological polar surface area (TPSA) is 31.3 Å². The second-order valence-electron chi connectivity index (χ2n) is 10.4. The quantitative estimate of drug-likeness (QED) is 0.193. The van der Waals surface area contributed by atoms with E-state index in [4.69, 9.17) is 11.6 Å². The normalized spacial score (nSPS) is 11.5. The molecule has 0 saturated carbocycles. The van der Waals surface area contributed by atoms with E-state index in [9.17, 15) is 4.79 Å². The second-order valence-corrected chi connectivity index (χ2v) is 10.7. The molecule has 0 radical (unpaired) electrons. The number of hydrogen-bond acceptors (Lipinski definition) is 1. The molecule has 5 heteroatoms. The summed E-state index contributed by atoms with van der Waals surface area (Å²) in [6.45, 7) is 0. The van der Waals surface area contributed by atoms with Crippen LogP contribution in [-0.2, 0) is 0 Å². The lowest BCUT2D eigenvalue weighted by molar-refractivity contribution is 1.13. The largest absolute Gasteiger partial charge is 0.309 e. The fraction of sp³-hybridized carbons (Fsp3) is 0. The van der Waals surface area contributed by atoms with Crippen molar-refractivity contribution in [3.05, 3.63) is 161 Å². The molecule has 6 bridgehead atoms. The van der Waals surface area contributed by atoms with Gasteiger partial charge in [-0.3, -0.25) is 9.20 Å². The molecule has 0 aliphatic carbocycles. The molecule has 0 spiro atoms. The number of para-hydroxylation sites is 2. The molecule has 42 heavy (non-hydrogen) atoms. The van der Waals surface area contributed by atoms with Crippen LogP contribution in [0.5, 0.6) is 0 Å². The van der Waals surface area contributed by atoms with Crippen LogP contribution in [0.1, 0.15) is 0 Å². The fourth-order valence-electron chi connectivity index (χ4n) is 6.10. The number of aromatic nitrogens is 3. The van der Waals surface area contributed by atoms with Crippen molar-refractivity contribution in [2.45, 2.75) is 0 Å². The van der Waals surface area contributed by atoms with Gasteiger partial charge < -0.3 is 9.13 Å². The molecule has 0 aliphatic rings. The van der Waals surface area contributed by atoms with Crippen molar-refractivity contribution in [3.63, 3.8) is 0 Å². The van der Waals surface area contributed by atoms with E-state index in [0.29, 0.717) is 10.4 Å². The minimum atomic E-state index is -0.0569. The van der Waals surface area contributed by atoms with Crippen LogP contribution in [0.2, 0.25) is 5.02 Å². The van der Waals surface area contributed by atoms with Gasteiger partial charge in [-0.05, 0) is 78.2 Å². The van der Waals surface area contributed by atoms with E-state index >= 15 is 0 Å². The van der Waals surface area contributed by atoms with E-state index < -0.39 is 0 Å². The highest BCUT2D eigenvalue weighted by Crippen LogP contribution is 2.32. The van der Waals surface area contributed by atoms with Gasteiger partial charge in [-0.15, -0.1) is 0 Å². The Morgan fingerprint density at radius 2 is 0.976 bits per heavy atom. The first-order valence-electron chi connectivity index (χ1n) is 13.9. The third-order valence-corrected chi connectivity index (χ3v) is 8.33. The van der Waals surface area contributed by atoms with E-state index in [1.165, 1.54) is 0 Å². The van der Waals surface area contributed by atoms with Gasteiger partial charge in [0.15, 0.2) is 0 Å². The van der Waals surface area contributed by atoms with Gasteiger partial charge in [-0.2, -0.15) is 0 Å². The summed E-state index contributed by atoms with van der Waals surface area (Å²) in [5.41, 5.74) is 6.96. The summed E-state index contributed by atoms with van der Waals surface area (Å²) in [6.07, 6.45) is 0. The molecule has 200 valence electrons. The standard InChI is InChI=1S/C37H24ClN3O/c38-36-33-19-10-20-34(36)40(26-13-5-2-6-14-26)29-21-22-31-30-17-7-8-18-32(30)37(42)41(35(31)24-29)28-16-9-15-27(23-28)39(33)25-11-3-1-4-12-25/h1-24H. The molecule has 0 fully saturated rings. The first kappa shape index (κ1) is 24.5. The first-order valence-corrected chi connectivity index (χ1v) is 14.2. The number of rotatable bonds is 2. The van der Waals surface area contributed by atoms with Gasteiger partial charge >= 0.3 is 0 Å². The van der Waals surface area contributed by atoms with Crippen LogP contribution < -0.4 is 5.56 Å². The Hall–Kier alpha value is -5.32. The summed E-state index contributed by atoms with van der Waals surface area (Å²) >= 11 is 7.39. The van der Waals surface area contributed by atoms with Gasteiger partial charge in [0, 0.05) is 33.2 Å². The molecular formula is C37H24ClN3O. The SMILES string of the molecule is O=c1c2ccccc2c2ccc3cc2n1c1cccc(c1)n(-c1ccccc1)c1cccc(c1Cl)n3-c1ccccc1. The van der Waals surface area contributed by atoms with Crippen molar-refractivity contribution in [2.75, 3.05) is 0 Å². The number of halogens is 1. The summed E-state index contributed by atoms with van der Waals surface area (Å²) in [4.78, 5) is 14.3. The van der Waals surface area contributed by atoms with E-state index in [0.717, 1.165) is 55.2 Å². The maximum atomic E-state index is 14.3. The number of hydrogen-bond donors (Lipinski definition) is 0.